The second-order valence-corrected chi connectivity index (χ2v) is 6.50. The Bertz CT molecular complexity index is 492. The minimum absolute atomic E-state index is 0.606. The van der Waals surface area contributed by atoms with E-state index in [1.54, 1.807) is 0 Å². The van der Waals surface area contributed by atoms with E-state index < -0.39 is 0 Å². The van der Waals surface area contributed by atoms with E-state index in [1.165, 1.54) is 43.5 Å². The monoisotopic (exact) mass is 288 g/mol. The maximum absolute atomic E-state index is 4.96. The van der Waals surface area contributed by atoms with E-state index in [0.717, 1.165) is 31.2 Å². The fourth-order valence-electron chi connectivity index (χ4n) is 2.83. The van der Waals surface area contributed by atoms with Crippen LogP contribution in [-0.4, -0.2) is 29.1 Å². The molecule has 2 saturated carbocycles. The molecule has 2 aliphatic carbocycles. The highest BCUT2D eigenvalue weighted by molar-refractivity contribution is 5.60. The Hall–Kier alpha value is -1.32. The average Bonchev–Trinajstić information content (AvgIpc) is 3.36. The van der Waals surface area contributed by atoms with Gasteiger partial charge in [-0.2, -0.15) is 0 Å². The van der Waals surface area contributed by atoms with Crippen molar-refractivity contribution in [2.45, 2.75) is 71.3 Å². The van der Waals surface area contributed by atoms with Gasteiger partial charge in [-0.25, -0.2) is 9.97 Å². The summed E-state index contributed by atoms with van der Waals surface area (Å²) in [6.07, 6.45) is 7.45. The van der Waals surface area contributed by atoms with Crippen molar-refractivity contribution in [3.05, 3.63) is 11.4 Å². The smallest absolute Gasteiger partial charge is 0.137 e. The molecule has 1 heterocycles. The second kappa shape index (κ2) is 6.20. The highest BCUT2D eigenvalue weighted by Crippen LogP contribution is 2.41. The van der Waals surface area contributed by atoms with E-state index in [-0.39, 0.29) is 0 Å². The van der Waals surface area contributed by atoms with Crippen molar-refractivity contribution < 1.29 is 0 Å². The molecule has 1 aromatic rings. The van der Waals surface area contributed by atoms with Gasteiger partial charge < -0.3 is 10.2 Å². The van der Waals surface area contributed by atoms with Crippen LogP contribution in [0.4, 0.5) is 11.6 Å². The summed E-state index contributed by atoms with van der Waals surface area (Å²) in [6, 6.07) is 0.713. The summed E-state index contributed by atoms with van der Waals surface area (Å²) in [4.78, 5) is 12.3. The van der Waals surface area contributed by atoms with Crippen molar-refractivity contribution in [3.8, 4) is 0 Å². The molecule has 1 N–H and O–H groups in total. The number of aromatic nitrogens is 2. The molecule has 0 unspecified atom stereocenters. The largest absolute Gasteiger partial charge is 0.370 e. The Balaban J connectivity index is 1.93. The van der Waals surface area contributed by atoms with Crippen molar-refractivity contribution in [3.63, 3.8) is 0 Å². The van der Waals surface area contributed by atoms with Crippen molar-refractivity contribution >= 4 is 11.6 Å². The maximum atomic E-state index is 4.96. The van der Waals surface area contributed by atoms with Gasteiger partial charge in [0.25, 0.3) is 0 Å². The first-order valence-electron chi connectivity index (χ1n) is 8.63. The molecule has 0 atom stereocenters. The van der Waals surface area contributed by atoms with Crippen LogP contribution in [0.1, 0.15) is 69.7 Å². The first kappa shape index (κ1) is 14.6. The Kier molecular flexibility index (Phi) is 4.32. The maximum Gasteiger partial charge on any atom is 0.137 e. The Labute approximate surface area is 128 Å². The topological polar surface area (TPSA) is 41.1 Å². The lowest BCUT2D eigenvalue weighted by molar-refractivity contribution is 0.737. The van der Waals surface area contributed by atoms with E-state index in [2.05, 4.69) is 31.0 Å². The van der Waals surface area contributed by atoms with Crippen LogP contribution in [0.3, 0.4) is 0 Å². The standard InChI is InChI=1S/C17H28N4/c1-4-10-18-15-12(3)17(20-16(19-15)13-6-7-13)21(11-5-2)14-8-9-14/h13-14H,4-11H2,1-3H3,(H,18,19,20). The quantitative estimate of drug-likeness (QED) is 0.788. The van der Waals surface area contributed by atoms with Crippen LogP contribution in [0.2, 0.25) is 0 Å². The van der Waals surface area contributed by atoms with Crippen molar-refractivity contribution in [2.24, 2.45) is 0 Å². The van der Waals surface area contributed by atoms with Crippen LogP contribution in [0.25, 0.3) is 0 Å². The van der Waals surface area contributed by atoms with Crippen molar-refractivity contribution in [2.75, 3.05) is 23.3 Å². The fourth-order valence-corrected chi connectivity index (χ4v) is 2.83. The first-order valence-corrected chi connectivity index (χ1v) is 8.63. The van der Waals surface area contributed by atoms with Gasteiger partial charge in [0.2, 0.25) is 0 Å². The fraction of sp³-hybridized carbons (Fsp3) is 0.765. The van der Waals surface area contributed by atoms with Gasteiger partial charge in [-0.3, -0.25) is 0 Å². The molecular formula is C17H28N4. The van der Waals surface area contributed by atoms with Crippen LogP contribution < -0.4 is 10.2 Å². The zero-order valence-corrected chi connectivity index (χ0v) is 13.7. The molecule has 4 nitrogen and oxygen atoms in total. The number of anilines is 2. The third-order valence-electron chi connectivity index (χ3n) is 4.35. The zero-order valence-electron chi connectivity index (χ0n) is 13.7. The van der Waals surface area contributed by atoms with Gasteiger partial charge >= 0.3 is 0 Å². The summed E-state index contributed by atoms with van der Waals surface area (Å²) >= 11 is 0. The second-order valence-electron chi connectivity index (χ2n) is 6.50. The number of nitrogens with zero attached hydrogens (tertiary/aromatic N) is 3. The Morgan fingerprint density at radius 3 is 2.43 bits per heavy atom. The van der Waals surface area contributed by atoms with E-state index in [9.17, 15) is 0 Å². The summed E-state index contributed by atoms with van der Waals surface area (Å²) in [5.74, 6) is 3.92. The number of nitrogens with one attached hydrogen (secondary N) is 1. The molecule has 0 bridgehead atoms. The highest BCUT2D eigenvalue weighted by atomic mass is 15.3. The lowest BCUT2D eigenvalue weighted by Gasteiger charge is -2.26. The molecule has 1 aromatic heterocycles. The lowest BCUT2D eigenvalue weighted by atomic mass is 10.2. The van der Waals surface area contributed by atoms with Gasteiger partial charge in [-0.05, 0) is 45.4 Å². The van der Waals surface area contributed by atoms with Gasteiger partial charge in [0, 0.05) is 30.6 Å². The summed E-state index contributed by atoms with van der Waals surface area (Å²) in [6.45, 7) is 8.72. The molecule has 0 saturated heterocycles. The summed E-state index contributed by atoms with van der Waals surface area (Å²) in [5.41, 5.74) is 1.23. The van der Waals surface area contributed by atoms with Gasteiger partial charge in [-0.1, -0.05) is 13.8 Å². The van der Waals surface area contributed by atoms with Crippen LogP contribution >= 0.6 is 0 Å². The molecule has 0 aromatic carbocycles. The number of hydrogen-bond acceptors (Lipinski definition) is 4. The van der Waals surface area contributed by atoms with E-state index in [0.29, 0.717) is 12.0 Å². The predicted molar refractivity (Wildman–Crippen MR) is 88.2 cm³/mol. The summed E-state index contributed by atoms with van der Waals surface area (Å²) in [7, 11) is 0. The summed E-state index contributed by atoms with van der Waals surface area (Å²) in [5, 5.41) is 3.50. The molecule has 3 rings (SSSR count). The first-order chi connectivity index (χ1) is 10.2. The van der Waals surface area contributed by atoms with Crippen molar-refractivity contribution in [1.29, 1.82) is 0 Å². The molecule has 4 heteroatoms. The minimum atomic E-state index is 0.606. The molecule has 2 fully saturated rings. The van der Waals surface area contributed by atoms with Crippen LogP contribution in [0, 0.1) is 6.92 Å². The van der Waals surface area contributed by atoms with Crippen LogP contribution in [0.5, 0.6) is 0 Å². The molecule has 0 radical (unpaired) electrons. The van der Waals surface area contributed by atoms with Gasteiger partial charge in [0.05, 0.1) is 0 Å². The van der Waals surface area contributed by atoms with Gasteiger partial charge in [-0.15, -0.1) is 0 Å². The molecule has 0 aliphatic heterocycles. The third-order valence-corrected chi connectivity index (χ3v) is 4.35. The SMILES string of the molecule is CCCNc1nc(C2CC2)nc(N(CCC)C2CC2)c1C. The highest BCUT2D eigenvalue weighted by Gasteiger charge is 2.33. The number of hydrogen-bond donors (Lipinski definition) is 1. The van der Waals surface area contributed by atoms with Gasteiger partial charge in [0.1, 0.15) is 17.5 Å². The van der Waals surface area contributed by atoms with Crippen LogP contribution in [0.15, 0.2) is 0 Å². The molecule has 0 spiro atoms. The third kappa shape index (κ3) is 3.30. The molecule has 116 valence electrons. The van der Waals surface area contributed by atoms with Gasteiger partial charge in [0.15, 0.2) is 0 Å². The normalized spacial score (nSPS) is 17.9. The summed E-state index contributed by atoms with van der Waals surface area (Å²) < 4.78 is 0. The van der Waals surface area contributed by atoms with Crippen molar-refractivity contribution in [1.82, 2.24) is 9.97 Å². The van der Waals surface area contributed by atoms with Crippen LogP contribution in [-0.2, 0) is 0 Å². The predicted octanol–water partition coefficient (Wildman–Crippen LogP) is 3.86. The zero-order chi connectivity index (χ0) is 14.8. The van der Waals surface area contributed by atoms with E-state index in [1.807, 2.05) is 0 Å². The minimum Gasteiger partial charge on any atom is -0.370 e. The lowest BCUT2D eigenvalue weighted by Crippen LogP contribution is -2.29. The number of rotatable bonds is 8. The molecular weight excluding hydrogens is 260 g/mol. The Morgan fingerprint density at radius 1 is 1.10 bits per heavy atom. The molecule has 2 aliphatic rings. The average molecular weight is 288 g/mol. The molecule has 21 heavy (non-hydrogen) atoms. The Morgan fingerprint density at radius 2 is 1.86 bits per heavy atom. The molecule has 0 amide bonds. The van der Waals surface area contributed by atoms with E-state index in [4.69, 9.17) is 9.97 Å². The van der Waals surface area contributed by atoms with E-state index >= 15 is 0 Å².